The Bertz CT molecular complexity index is 351. The average molecular weight is 215 g/mol. The Morgan fingerprint density at radius 3 is 2.67 bits per heavy atom. The summed E-state index contributed by atoms with van der Waals surface area (Å²) in [5.41, 5.74) is 5.01. The fraction of sp³-hybridized carbons (Fsp3) is 0.700. The van der Waals surface area contributed by atoms with Crippen LogP contribution in [0.3, 0.4) is 0 Å². The van der Waals surface area contributed by atoms with E-state index in [0.717, 1.165) is 6.54 Å². The lowest BCUT2D eigenvalue weighted by molar-refractivity contribution is -0.127. The van der Waals surface area contributed by atoms with Gasteiger partial charge in [0.1, 0.15) is 5.82 Å². The monoisotopic (exact) mass is 215 g/mol. The highest BCUT2D eigenvalue weighted by atomic mass is 19.3. The quantitative estimate of drug-likeness (QED) is 0.831. The summed E-state index contributed by atoms with van der Waals surface area (Å²) in [4.78, 5) is 4.17. The van der Waals surface area contributed by atoms with Gasteiger partial charge in [0.2, 0.25) is 5.92 Å². The van der Waals surface area contributed by atoms with Gasteiger partial charge in [-0.25, -0.2) is 13.8 Å². The van der Waals surface area contributed by atoms with Gasteiger partial charge in [-0.2, -0.15) is 0 Å². The summed E-state index contributed by atoms with van der Waals surface area (Å²) in [5, 5.41) is 0. The molecule has 0 amide bonds. The molecule has 0 atom stereocenters. The normalized spacial score (nSPS) is 22.4. The van der Waals surface area contributed by atoms with Crippen LogP contribution in [0.2, 0.25) is 0 Å². The zero-order valence-electron chi connectivity index (χ0n) is 8.71. The van der Waals surface area contributed by atoms with Crippen LogP contribution in [0, 0.1) is 0 Å². The van der Waals surface area contributed by atoms with Crippen LogP contribution in [0.5, 0.6) is 0 Å². The number of imidazole rings is 1. The van der Waals surface area contributed by atoms with E-state index in [1.54, 1.807) is 6.20 Å². The summed E-state index contributed by atoms with van der Waals surface area (Å²) in [7, 11) is 0. The van der Waals surface area contributed by atoms with Crippen LogP contribution in [0.1, 0.15) is 25.6 Å². The van der Waals surface area contributed by atoms with Crippen LogP contribution in [-0.2, 0) is 12.0 Å². The second-order valence-corrected chi connectivity index (χ2v) is 4.23. The molecule has 3 nitrogen and oxygen atoms in total. The second kappa shape index (κ2) is 3.27. The number of rotatable bonds is 3. The van der Waals surface area contributed by atoms with Crippen molar-refractivity contribution in [2.24, 2.45) is 5.73 Å². The van der Waals surface area contributed by atoms with E-state index in [2.05, 4.69) is 4.98 Å². The third kappa shape index (κ3) is 1.55. The largest absolute Gasteiger partial charge is 0.335 e. The van der Waals surface area contributed by atoms with Gasteiger partial charge in [0.05, 0.1) is 5.41 Å². The van der Waals surface area contributed by atoms with Crippen molar-refractivity contribution in [3.05, 3.63) is 18.2 Å². The lowest BCUT2D eigenvalue weighted by Gasteiger charge is -2.46. The van der Waals surface area contributed by atoms with Gasteiger partial charge in [-0.15, -0.1) is 0 Å². The van der Waals surface area contributed by atoms with E-state index in [9.17, 15) is 8.78 Å². The molecule has 0 spiro atoms. The molecule has 1 aliphatic rings. The van der Waals surface area contributed by atoms with Gasteiger partial charge in [-0.05, 0) is 6.92 Å². The van der Waals surface area contributed by atoms with Crippen LogP contribution >= 0.6 is 0 Å². The van der Waals surface area contributed by atoms with E-state index in [-0.39, 0.29) is 19.4 Å². The lowest BCUT2D eigenvalue weighted by atomic mass is 9.65. The highest BCUT2D eigenvalue weighted by molar-refractivity contribution is 5.20. The Balaban J connectivity index is 2.29. The first-order valence-electron chi connectivity index (χ1n) is 5.12. The highest BCUT2D eigenvalue weighted by Crippen LogP contribution is 2.52. The first kappa shape index (κ1) is 10.5. The summed E-state index contributed by atoms with van der Waals surface area (Å²) < 4.78 is 27.8. The number of hydrogen-bond acceptors (Lipinski definition) is 2. The molecule has 0 bridgehead atoms. The molecule has 1 aromatic rings. The number of alkyl halides is 2. The molecular formula is C10H15F2N3. The zero-order valence-corrected chi connectivity index (χ0v) is 8.71. The van der Waals surface area contributed by atoms with Crippen LogP contribution in [0.25, 0.3) is 0 Å². The van der Waals surface area contributed by atoms with E-state index in [1.807, 2.05) is 17.7 Å². The molecule has 2 rings (SSSR count). The Hall–Kier alpha value is -0.970. The Morgan fingerprint density at radius 2 is 2.20 bits per heavy atom. The van der Waals surface area contributed by atoms with Crippen molar-refractivity contribution < 1.29 is 8.78 Å². The Morgan fingerprint density at radius 1 is 1.53 bits per heavy atom. The molecule has 84 valence electrons. The first-order valence-corrected chi connectivity index (χ1v) is 5.12. The van der Waals surface area contributed by atoms with E-state index >= 15 is 0 Å². The number of nitrogens with zero attached hydrogens (tertiary/aromatic N) is 2. The molecule has 1 heterocycles. The molecule has 1 fully saturated rings. The SMILES string of the molecule is CCn1ccnc1C1(CN)CC(F)(F)C1. The minimum Gasteiger partial charge on any atom is -0.335 e. The standard InChI is InChI=1S/C10H15F2N3/c1-2-15-4-3-14-8(15)9(7-13)5-10(11,12)6-9/h3-4H,2,5-7,13H2,1H3. The van der Waals surface area contributed by atoms with Gasteiger partial charge in [0.15, 0.2) is 0 Å². The minimum atomic E-state index is -2.57. The van der Waals surface area contributed by atoms with E-state index in [4.69, 9.17) is 5.73 Å². The summed E-state index contributed by atoms with van der Waals surface area (Å²) in [6, 6.07) is 0. The van der Waals surface area contributed by atoms with Crippen molar-refractivity contribution in [1.82, 2.24) is 9.55 Å². The predicted molar refractivity (Wildman–Crippen MR) is 52.8 cm³/mol. The minimum absolute atomic E-state index is 0.173. The summed E-state index contributed by atoms with van der Waals surface area (Å²) in [5.74, 6) is -1.86. The van der Waals surface area contributed by atoms with Crippen LogP contribution in [0.4, 0.5) is 8.78 Å². The van der Waals surface area contributed by atoms with Crippen LogP contribution < -0.4 is 5.73 Å². The molecule has 15 heavy (non-hydrogen) atoms. The number of aryl methyl sites for hydroxylation is 1. The molecule has 2 N–H and O–H groups in total. The lowest BCUT2D eigenvalue weighted by Crippen LogP contribution is -2.55. The molecular weight excluding hydrogens is 200 g/mol. The third-order valence-electron chi connectivity index (χ3n) is 3.12. The summed E-state index contributed by atoms with van der Waals surface area (Å²) in [6.45, 7) is 2.94. The maximum atomic E-state index is 13.0. The summed E-state index contributed by atoms with van der Waals surface area (Å²) >= 11 is 0. The number of halogens is 2. The van der Waals surface area contributed by atoms with E-state index in [1.165, 1.54) is 0 Å². The van der Waals surface area contributed by atoms with E-state index < -0.39 is 11.3 Å². The molecule has 1 saturated carbocycles. The van der Waals surface area contributed by atoms with Crippen molar-refractivity contribution in [2.45, 2.75) is 37.6 Å². The van der Waals surface area contributed by atoms with Gasteiger partial charge in [-0.3, -0.25) is 0 Å². The van der Waals surface area contributed by atoms with Crippen molar-refractivity contribution in [3.63, 3.8) is 0 Å². The first-order chi connectivity index (χ1) is 7.03. The van der Waals surface area contributed by atoms with Gasteiger partial charge in [0.25, 0.3) is 0 Å². The molecule has 0 radical (unpaired) electrons. The molecule has 0 unspecified atom stereocenters. The fourth-order valence-corrected chi connectivity index (χ4v) is 2.36. The Labute approximate surface area is 87.3 Å². The summed E-state index contributed by atoms with van der Waals surface area (Å²) in [6.07, 6.45) is 3.11. The van der Waals surface area contributed by atoms with Gasteiger partial charge in [0, 0.05) is 38.3 Å². The molecule has 0 aromatic carbocycles. The number of aromatic nitrogens is 2. The average Bonchev–Trinajstić information content (AvgIpc) is 2.61. The van der Waals surface area contributed by atoms with Crippen molar-refractivity contribution >= 4 is 0 Å². The van der Waals surface area contributed by atoms with Crippen molar-refractivity contribution in [3.8, 4) is 0 Å². The van der Waals surface area contributed by atoms with Crippen molar-refractivity contribution in [2.75, 3.05) is 6.54 Å². The molecule has 5 heteroatoms. The van der Waals surface area contributed by atoms with Gasteiger partial charge >= 0.3 is 0 Å². The molecule has 1 aromatic heterocycles. The van der Waals surface area contributed by atoms with Crippen LogP contribution in [-0.4, -0.2) is 22.0 Å². The maximum Gasteiger partial charge on any atom is 0.250 e. The maximum absolute atomic E-state index is 13.0. The fourth-order valence-electron chi connectivity index (χ4n) is 2.36. The second-order valence-electron chi connectivity index (χ2n) is 4.23. The smallest absolute Gasteiger partial charge is 0.250 e. The number of hydrogen-bond donors (Lipinski definition) is 1. The molecule has 1 aliphatic carbocycles. The third-order valence-corrected chi connectivity index (χ3v) is 3.12. The van der Waals surface area contributed by atoms with Gasteiger partial charge < -0.3 is 10.3 Å². The van der Waals surface area contributed by atoms with E-state index in [0.29, 0.717) is 5.82 Å². The topological polar surface area (TPSA) is 43.8 Å². The molecule has 0 saturated heterocycles. The van der Waals surface area contributed by atoms with Crippen LogP contribution in [0.15, 0.2) is 12.4 Å². The van der Waals surface area contributed by atoms with Crippen molar-refractivity contribution in [1.29, 1.82) is 0 Å². The molecule has 0 aliphatic heterocycles. The Kier molecular flexibility index (Phi) is 2.30. The van der Waals surface area contributed by atoms with Gasteiger partial charge in [-0.1, -0.05) is 0 Å². The predicted octanol–water partition coefficient (Wildman–Crippen LogP) is 1.53. The highest BCUT2D eigenvalue weighted by Gasteiger charge is 2.58. The zero-order chi connectivity index (χ0) is 11.1. The number of nitrogens with two attached hydrogens (primary N) is 1.